The van der Waals surface area contributed by atoms with Crippen LogP contribution in [0.3, 0.4) is 0 Å². The van der Waals surface area contributed by atoms with Gasteiger partial charge in [-0.3, -0.25) is 0 Å². The molecule has 6 heteroatoms. The van der Waals surface area contributed by atoms with E-state index >= 15 is 0 Å². The van der Waals surface area contributed by atoms with E-state index in [9.17, 15) is 0 Å². The third-order valence-electron chi connectivity index (χ3n) is 2.66. The van der Waals surface area contributed by atoms with E-state index in [4.69, 9.17) is 44.3 Å². The Morgan fingerprint density at radius 2 is 2.10 bits per heavy atom. The second-order valence-electron chi connectivity index (χ2n) is 4.97. The van der Waals surface area contributed by atoms with Crippen molar-refractivity contribution in [2.75, 3.05) is 20.3 Å². The summed E-state index contributed by atoms with van der Waals surface area (Å²) in [5, 5.41) is 4.36. The number of hydrogen-bond donors (Lipinski definition) is 1. The van der Waals surface area contributed by atoms with E-state index in [1.54, 1.807) is 13.2 Å². The van der Waals surface area contributed by atoms with Crippen LogP contribution in [0.2, 0.25) is 5.02 Å². The Balaban J connectivity index is 2.93. The zero-order valence-corrected chi connectivity index (χ0v) is 14.6. The van der Waals surface area contributed by atoms with E-state index in [0.29, 0.717) is 34.0 Å². The van der Waals surface area contributed by atoms with E-state index in [1.165, 1.54) is 5.54 Å². The molecule has 0 aliphatic rings. The molecule has 0 radical (unpaired) electrons. The first kappa shape index (κ1) is 18.4. The molecule has 0 fully saturated rings. The summed E-state index contributed by atoms with van der Waals surface area (Å²) in [7, 11) is 1.57. The van der Waals surface area contributed by atoms with Crippen LogP contribution in [0.25, 0.3) is 0 Å². The van der Waals surface area contributed by atoms with Crippen LogP contribution in [0.5, 0.6) is 11.5 Å². The van der Waals surface area contributed by atoms with Gasteiger partial charge < -0.3 is 14.8 Å². The lowest BCUT2D eigenvalue weighted by molar-refractivity contribution is 0.319. The first-order chi connectivity index (χ1) is 9.97. The number of halogens is 3. The number of methoxy groups -OCH3 is 1. The highest BCUT2D eigenvalue weighted by Gasteiger charge is 2.13. The largest absolute Gasteiger partial charge is 0.493 e. The highest BCUT2D eigenvalue weighted by atomic mass is 35.5. The molecule has 0 saturated carbocycles. The molecule has 0 aliphatic carbocycles. The molecule has 0 heterocycles. The molecule has 21 heavy (non-hydrogen) atoms. The molecular weight excluding hydrogens is 333 g/mol. The van der Waals surface area contributed by atoms with Crippen LogP contribution < -0.4 is 14.8 Å². The van der Waals surface area contributed by atoms with Crippen LogP contribution in [0.1, 0.15) is 19.4 Å². The van der Waals surface area contributed by atoms with Gasteiger partial charge >= 0.3 is 0 Å². The average Bonchev–Trinajstić information content (AvgIpc) is 2.44. The predicted octanol–water partition coefficient (Wildman–Crippen LogP) is 4.79. The molecule has 0 aromatic heterocycles. The normalized spacial score (nSPS) is 11.9. The minimum absolute atomic E-state index is 0.181. The fraction of sp³-hybridized carbons (Fsp3) is 0.467. The van der Waals surface area contributed by atoms with Gasteiger partial charge in [-0.15, -0.1) is 0 Å². The Bertz CT molecular complexity index is 490. The molecule has 1 aromatic rings. The molecule has 0 atom stereocenters. The van der Waals surface area contributed by atoms with Crippen molar-refractivity contribution in [1.82, 2.24) is 5.32 Å². The Kier molecular flexibility index (Phi) is 8.27. The van der Waals surface area contributed by atoms with E-state index in [-0.39, 0.29) is 6.61 Å². The number of hydrogen-bond acceptors (Lipinski definition) is 3. The van der Waals surface area contributed by atoms with Gasteiger partial charge in [0, 0.05) is 28.7 Å². The van der Waals surface area contributed by atoms with Gasteiger partial charge in [0.2, 0.25) is 0 Å². The SMILES string of the molecule is COc1cc(Cl)cc(CNCC(C)C)c1OC/C(Cl)=C/Cl. The summed E-state index contributed by atoms with van der Waals surface area (Å²) >= 11 is 17.5. The minimum Gasteiger partial charge on any atom is -0.493 e. The fourth-order valence-electron chi connectivity index (χ4n) is 1.74. The third-order valence-corrected chi connectivity index (χ3v) is 3.47. The summed E-state index contributed by atoms with van der Waals surface area (Å²) in [6, 6.07) is 3.56. The molecular formula is C15H20Cl3NO2. The zero-order chi connectivity index (χ0) is 15.8. The summed E-state index contributed by atoms with van der Waals surface area (Å²) in [5.41, 5.74) is 2.19. The summed E-state index contributed by atoms with van der Waals surface area (Å²) in [6.07, 6.45) is 0. The Morgan fingerprint density at radius 1 is 1.38 bits per heavy atom. The fourth-order valence-corrected chi connectivity index (χ4v) is 2.09. The average molecular weight is 353 g/mol. The maximum absolute atomic E-state index is 6.11. The van der Waals surface area contributed by atoms with Crippen molar-refractivity contribution < 1.29 is 9.47 Å². The van der Waals surface area contributed by atoms with Crippen molar-refractivity contribution in [3.63, 3.8) is 0 Å². The summed E-state index contributed by atoms with van der Waals surface area (Å²) < 4.78 is 11.0. The van der Waals surface area contributed by atoms with Gasteiger partial charge in [0.25, 0.3) is 0 Å². The lowest BCUT2D eigenvalue weighted by Crippen LogP contribution is -2.19. The van der Waals surface area contributed by atoms with Gasteiger partial charge in [-0.2, -0.15) is 0 Å². The van der Waals surface area contributed by atoms with Gasteiger partial charge in [-0.1, -0.05) is 48.7 Å². The standard InChI is InChI=1S/C15H20Cl3NO2/c1-10(2)7-19-8-11-4-12(17)5-14(20-3)15(11)21-9-13(18)6-16/h4-6,10,19H,7-9H2,1-3H3/b13-6-. The Morgan fingerprint density at radius 3 is 2.67 bits per heavy atom. The topological polar surface area (TPSA) is 30.5 Å². The molecule has 0 amide bonds. The Labute approximate surface area is 141 Å². The van der Waals surface area contributed by atoms with E-state index < -0.39 is 0 Å². The molecule has 0 unspecified atom stereocenters. The van der Waals surface area contributed by atoms with Crippen LogP contribution in [0.4, 0.5) is 0 Å². The summed E-state index contributed by atoms with van der Waals surface area (Å²) in [6.45, 7) is 6.01. The van der Waals surface area contributed by atoms with Crippen LogP contribution in [-0.4, -0.2) is 20.3 Å². The van der Waals surface area contributed by atoms with Crippen molar-refractivity contribution in [1.29, 1.82) is 0 Å². The molecule has 0 spiro atoms. The second kappa shape index (κ2) is 9.42. The van der Waals surface area contributed by atoms with Crippen molar-refractivity contribution in [3.05, 3.63) is 33.3 Å². The molecule has 0 saturated heterocycles. The van der Waals surface area contributed by atoms with E-state index in [0.717, 1.165) is 12.1 Å². The molecule has 118 valence electrons. The van der Waals surface area contributed by atoms with Crippen LogP contribution in [0, 0.1) is 5.92 Å². The lowest BCUT2D eigenvalue weighted by Gasteiger charge is -2.16. The maximum atomic E-state index is 6.11. The lowest BCUT2D eigenvalue weighted by atomic mass is 10.1. The number of benzene rings is 1. The molecule has 0 bridgehead atoms. The number of rotatable bonds is 8. The summed E-state index contributed by atoms with van der Waals surface area (Å²) in [4.78, 5) is 0. The molecule has 1 aromatic carbocycles. The highest BCUT2D eigenvalue weighted by molar-refractivity contribution is 6.36. The van der Waals surface area contributed by atoms with E-state index in [1.807, 2.05) is 6.07 Å². The van der Waals surface area contributed by atoms with Crippen LogP contribution >= 0.6 is 34.8 Å². The van der Waals surface area contributed by atoms with Gasteiger partial charge in [-0.05, 0) is 18.5 Å². The quantitative estimate of drug-likeness (QED) is 0.729. The Hall–Kier alpha value is -0.610. The van der Waals surface area contributed by atoms with Crippen LogP contribution in [-0.2, 0) is 6.54 Å². The van der Waals surface area contributed by atoms with E-state index in [2.05, 4.69) is 19.2 Å². The van der Waals surface area contributed by atoms with Gasteiger partial charge in [-0.25, -0.2) is 0 Å². The predicted molar refractivity (Wildman–Crippen MR) is 89.8 cm³/mol. The van der Waals surface area contributed by atoms with Crippen molar-refractivity contribution in [2.24, 2.45) is 5.92 Å². The number of nitrogens with one attached hydrogen (secondary N) is 1. The van der Waals surface area contributed by atoms with Gasteiger partial charge in [0.05, 0.1) is 12.1 Å². The van der Waals surface area contributed by atoms with Crippen molar-refractivity contribution in [2.45, 2.75) is 20.4 Å². The smallest absolute Gasteiger partial charge is 0.166 e. The van der Waals surface area contributed by atoms with Gasteiger partial charge in [0.15, 0.2) is 11.5 Å². The summed E-state index contributed by atoms with van der Waals surface area (Å²) in [5.74, 6) is 1.75. The second-order valence-corrected chi connectivity index (χ2v) is 6.11. The molecule has 1 N–H and O–H groups in total. The number of ether oxygens (including phenoxy) is 2. The first-order valence-corrected chi connectivity index (χ1v) is 7.81. The molecule has 3 nitrogen and oxygen atoms in total. The molecule has 0 aliphatic heterocycles. The van der Waals surface area contributed by atoms with Gasteiger partial charge in [0.1, 0.15) is 6.61 Å². The van der Waals surface area contributed by atoms with Crippen LogP contribution in [0.15, 0.2) is 22.7 Å². The monoisotopic (exact) mass is 351 g/mol. The highest BCUT2D eigenvalue weighted by Crippen LogP contribution is 2.35. The van der Waals surface area contributed by atoms with Crippen molar-refractivity contribution >= 4 is 34.8 Å². The minimum atomic E-state index is 0.181. The first-order valence-electron chi connectivity index (χ1n) is 6.62. The maximum Gasteiger partial charge on any atom is 0.166 e. The third kappa shape index (κ3) is 6.35. The van der Waals surface area contributed by atoms with Crippen molar-refractivity contribution in [3.8, 4) is 11.5 Å². The molecule has 1 rings (SSSR count). The zero-order valence-electron chi connectivity index (χ0n) is 12.4.